The fraction of sp³-hybridized carbons (Fsp3) is 0.258. The third kappa shape index (κ3) is 8.19. The highest BCUT2D eigenvalue weighted by Gasteiger charge is 2.72. The topological polar surface area (TPSA) is 88.1 Å². The van der Waals surface area contributed by atoms with Crippen LogP contribution in [0.4, 0.5) is 30.7 Å². The van der Waals surface area contributed by atoms with Gasteiger partial charge in [0.25, 0.3) is 0 Å². The van der Waals surface area contributed by atoms with Crippen molar-refractivity contribution >= 4 is 17.9 Å². The molecule has 0 spiro atoms. The van der Waals surface area contributed by atoms with Crippen LogP contribution >= 0.6 is 0 Å². The first kappa shape index (κ1) is 34.6. The quantitative estimate of drug-likeness (QED) is 0.0675. The van der Waals surface area contributed by atoms with Crippen LogP contribution in [0, 0.1) is 5.82 Å². The maximum Gasteiger partial charge on any atom is 0.411 e. The number of rotatable bonds is 12. The maximum atomic E-state index is 14.6. The third-order valence-electron chi connectivity index (χ3n) is 6.28. The van der Waals surface area contributed by atoms with Gasteiger partial charge in [0.05, 0.1) is 18.8 Å². The van der Waals surface area contributed by atoms with Crippen molar-refractivity contribution in [3.05, 3.63) is 102 Å². The molecule has 0 atom stereocenters. The van der Waals surface area contributed by atoms with E-state index in [9.17, 15) is 45.1 Å². The lowest BCUT2D eigenvalue weighted by Crippen LogP contribution is -2.54. The predicted molar refractivity (Wildman–Crippen MR) is 144 cm³/mol. The van der Waals surface area contributed by atoms with Crippen LogP contribution in [0.15, 0.2) is 79.4 Å². The molecule has 240 valence electrons. The Morgan fingerprint density at radius 3 is 1.69 bits per heavy atom. The van der Waals surface area contributed by atoms with Gasteiger partial charge >= 0.3 is 30.3 Å². The van der Waals surface area contributed by atoms with Crippen molar-refractivity contribution in [2.24, 2.45) is 0 Å². The molecule has 0 fully saturated rings. The Morgan fingerprint density at radius 1 is 0.733 bits per heavy atom. The smallest absolute Gasteiger partial charge is 0.411 e. The van der Waals surface area contributed by atoms with Gasteiger partial charge in [0.1, 0.15) is 23.1 Å². The van der Waals surface area contributed by atoms with E-state index in [1.165, 1.54) is 6.07 Å². The van der Waals surface area contributed by atoms with Gasteiger partial charge in [-0.2, -0.15) is 26.3 Å². The van der Waals surface area contributed by atoms with Crippen molar-refractivity contribution in [2.45, 2.75) is 37.5 Å². The Hall–Kier alpha value is -4.88. The molecule has 0 N–H and O–H groups in total. The average molecular weight is 643 g/mol. The van der Waals surface area contributed by atoms with Crippen molar-refractivity contribution < 1.29 is 64.1 Å². The van der Waals surface area contributed by atoms with Gasteiger partial charge in [-0.05, 0) is 60.4 Å². The molecule has 3 aromatic rings. The minimum absolute atomic E-state index is 0.0630. The van der Waals surface area contributed by atoms with Crippen LogP contribution in [0.5, 0.6) is 17.2 Å². The molecule has 0 bridgehead atoms. The summed E-state index contributed by atoms with van der Waals surface area (Å²) in [6, 6.07) is 8.30. The van der Waals surface area contributed by atoms with Gasteiger partial charge in [0.2, 0.25) is 5.41 Å². The SMILES string of the molecule is C=CC(=O)OCCCCOc1ccc(C(=O)Oc2ccc(C(c3ccc(OC(C)=O)cc3)(C(F)(F)F)C(F)(F)F)cc2)c(F)c1. The summed E-state index contributed by atoms with van der Waals surface area (Å²) >= 11 is 0. The fourth-order valence-electron chi connectivity index (χ4n) is 4.23. The van der Waals surface area contributed by atoms with Crippen molar-refractivity contribution in [2.75, 3.05) is 13.2 Å². The Labute approximate surface area is 252 Å². The molecule has 0 aliphatic rings. The number of alkyl halides is 6. The highest BCUT2D eigenvalue weighted by atomic mass is 19.4. The molecule has 0 aliphatic heterocycles. The van der Waals surface area contributed by atoms with E-state index in [1.807, 2.05) is 0 Å². The Kier molecular flexibility index (Phi) is 11.0. The number of hydrogen-bond acceptors (Lipinski definition) is 7. The summed E-state index contributed by atoms with van der Waals surface area (Å²) in [6.07, 6.45) is -9.85. The van der Waals surface area contributed by atoms with E-state index >= 15 is 0 Å². The second-order valence-corrected chi connectivity index (χ2v) is 9.35. The molecule has 0 saturated heterocycles. The Balaban J connectivity index is 1.77. The molecule has 45 heavy (non-hydrogen) atoms. The first-order chi connectivity index (χ1) is 21.1. The van der Waals surface area contributed by atoms with Crippen molar-refractivity contribution in [1.29, 1.82) is 0 Å². The molecular weight excluding hydrogens is 617 g/mol. The number of ether oxygens (including phenoxy) is 4. The van der Waals surface area contributed by atoms with Crippen LogP contribution in [-0.4, -0.2) is 43.5 Å². The molecule has 0 heterocycles. The van der Waals surface area contributed by atoms with E-state index in [2.05, 4.69) is 6.58 Å². The molecule has 0 aromatic heterocycles. The summed E-state index contributed by atoms with van der Waals surface area (Å²) in [5.41, 5.74) is -7.52. The molecule has 0 aliphatic carbocycles. The van der Waals surface area contributed by atoms with Crippen LogP contribution in [0.25, 0.3) is 0 Å². The van der Waals surface area contributed by atoms with Gasteiger partial charge in [-0.1, -0.05) is 30.8 Å². The highest BCUT2D eigenvalue weighted by Crippen LogP contribution is 2.56. The van der Waals surface area contributed by atoms with E-state index in [4.69, 9.17) is 18.9 Å². The number of unbranched alkanes of at least 4 members (excludes halogenated alkanes) is 1. The van der Waals surface area contributed by atoms with E-state index in [1.54, 1.807) is 0 Å². The van der Waals surface area contributed by atoms with Crippen LogP contribution in [0.3, 0.4) is 0 Å². The first-order valence-corrected chi connectivity index (χ1v) is 13.1. The van der Waals surface area contributed by atoms with Crippen molar-refractivity contribution in [3.8, 4) is 17.2 Å². The minimum atomic E-state index is -5.89. The summed E-state index contributed by atoms with van der Waals surface area (Å²) in [5.74, 6) is -4.38. The van der Waals surface area contributed by atoms with Gasteiger partial charge in [0.15, 0.2) is 0 Å². The molecule has 0 amide bonds. The number of carbonyl (C=O) groups is 3. The summed E-state index contributed by atoms with van der Waals surface area (Å²) in [7, 11) is 0. The lowest BCUT2D eigenvalue weighted by atomic mass is 9.73. The largest absolute Gasteiger partial charge is 0.493 e. The van der Waals surface area contributed by atoms with Crippen LogP contribution in [0.1, 0.15) is 41.3 Å². The van der Waals surface area contributed by atoms with Crippen LogP contribution in [0.2, 0.25) is 0 Å². The number of hydrogen-bond donors (Lipinski definition) is 0. The average Bonchev–Trinajstić information content (AvgIpc) is 2.95. The molecular formula is C31H25F7O7. The minimum Gasteiger partial charge on any atom is -0.493 e. The maximum absolute atomic E-state index is 14.6. The van der Waals surface area contributed by atoms with Gasteiger partial charge in [0, 0.05) is 19.1 Å². The van der Waals surface area contributed by atoms with Crippen molar-refractivity contribution in [1.82, 2.24) is 0 Å². The highest BCUT2D eigenvalue weighted by molar-refractivity contribution is 5.91. The number of carbonyl (C=O) groups excluding carboxylic acids is 3. The normalized spacial score (nSPS) is 11.8. The standard InChI is InChI=1S/C31H25F7O7/c1-3-27(40)43-17-5-4-16-42-24-14-15-25(26(32)18-24)28(41)45-23-12-8-21(9-13-23)29(30(33,34)35,31(36,37)38)20-6-10-22(11-7-20)44-19(2)39/h3,6-15,18H,1,4-5,16-17H2,2H3. The lowest BCUT2D eigenvalue weighted by molar-refractivity contribution is -0.288. The van der Waals surface area contributed by atoms with Gasteiger partial charge in [-0.25, -0.2) is 14.0 Å². The summed E-state index contributed by atoms with van der Waals surface area (Å²) in [6.45, 7) is 4.53. The Morgan fingerprint density at radius 2 is 1.22 bits per heavy atom. The molecule has 3 aromatic carbocycles. The molecule has 7 nitrogen and oxygen atoms in total. The number of halogens is 7. The zero-order chi connectivity index (χ0) is 33.4. The van der Waals surface area contributed by atoms with E-state index in [0.29, 0.717) is 49.2 Å². The number of benzene rings is 3. The Bertz CT molecular complexity index is 1500. The van der Waals surface area contributed by atoms with E-state index < -0.39 is 63.9 Å². The molecule has 0 unspecified atom stereocenters. The summed E-state index contributed by atoms with van der Waals surface area (Å²) < 4.78 is 121. The molecule has 14 heteroatoms. The third-order valence-corrected chi connectivity index (χ3v) is 6.28. The summed E-state index contributed by atoms with van der Waals surface area (Å²) in [4.78, 5) is 34.6. The second-order valence-electron chi connectivity index (χ2n) is 9.35. The van der Waals surface area contributed by atoms with Crippen molar-refractivity contribution in [3.63, 3.8) is 0 Å². The zero-order valence-corrected chi connectivity index (χ0v) is 23.5. The van der Waals surface area contributed by atoms with Gasteiger partial charge in [-0.3, -0.25) is 4.79 Å². The van der Waals surface area contributed by atoms with E-state index in [-0.39, 0.29) is 24.7 Å². The molecule has 3 rings (SSSR count). The predicted octanol–water partition coefficient (Wildman–Crippen LogP) is 7.27. The van der Waals surface area contributed by atoms with Crippen LogP contribution in [-0.2, 0) is 19.7 Å². The second kappa shape index (κ2) is 14.3. The monoisotopic (exact) mass is 642 g/mol. The van der Waals surface area contributed by atoms with E-state index in [0.717, 1.165) is 37.3 Å². The van der Waals surface area contributed by atoms with Crippen LogP contribution < -0.4 is 14.2 Å². The first-order valence-electron chi connectivity index (χ1n) is 13.1. The summed E-state index contributed by atoms with van der Waals surface area (Å²) in [5, 5.41) is 0. The number of esters is 3. The van der Waals surface area contributed by atoms with Gasteiger partial charge < -0.3 is 18.9 Å². The zero-order valence-electron chi connectivity index (χ0n) is 23.5. The molecule has 0 radical (unpaired) electrons. The van der Waals surface area contributed by atoms with Gasteiger partial charge in [-0.15, -0.1) is 0 Å². The fourth-order valence-corrected chi connectivity index (χ4v) is 4.23. The molecule has 0 saturated carbocycles. The lowest BCUT2D eigenvalue weighted by Gasteiger charge is -2.38.